The summed E-state index contributed by atoms with van der Waals surface area (Å²) in [5.41, 5.74) is 0. The third kappa shape index (κ3) is 10.8. The Bertz CT molecular complexity index is 864. The van der Waals surface area contributed by atoms with E-state index in [1.807, 2.05) is 0 Å². The van der Waals surface area contributed by atoms with Gasteiger partial charge in [0.1, 0.15) is 28.0 Å². The Morgan fingerprint density at radius 3 is 2.61 bits per heavy atom. The summed E-state index contributed by atoms with van der Waals surface area (Å²) in [6, 6.07) is -2.20. The number of carbonyl (C=O) groups excluding carboxylic acids is 4. The molecule has 14 heteroatoms. The van der Waals surface area contributed by atoms with Gasteiger partial charge in [0.2, 0.25) is 17.7 Å². The van der Waals surface area contributed by atoms with E-state index in [0.717, 1.165) is 6.26 Å². The standard InChI is InChI=1S/C19H29N3O8S3/c1-33(28,29)7-5-14-19(27)22-15-11-32-31-6-3-2-4-13(9-16(24)21-14)30-17(25)8-12(23)10-20-18(15)26/h2,4,12-15,23H,3,5-11H2,1H3,(H,20,26)(H,21,24)(H,22,27)/b4-2+/t12-,13+,14+,15+/m0/s1. The van der Waals surface area contributed by atoms with Crippen LogP contribution in [0.2, 0.25) is 0 Å². The van der Waals surface area contributed by atoms with E-state index >= 15 is 0 Å². The molecule has 3 amide bonds. The summed E-state index contributed by atoms with van der Waals surface area (Å²) in [6.07, 6.45) is 1.99. The van der Waals surface area contributed by atoms with Crippen LogP contribution in [0.3, 0.4) is 0 Å². The molecule has 2 aliphatic heterocycles. The second kappa shape index (κ2) is 13.2. The fourth-order valence-electron chi connectivity index (χ4n) is 3.00. The quantitative estimate of drug-likeness (QED) is 0.203. The molecule has 2 rings (SSSR count). The zero-order valence-corrected chi connectivity index (χ0v) is 20.6. The summed E-state index contributed by atoms with van der Waals surface area (Å²) in [5.74, 6) is -2.10. The Morgan fingerprint density at radius 1 is 1.12 bits per heavy atom. The van der Waals surface area contributed by atoms with Gasteiger partial charge in [-0.1, -0.05) is 27.7 Å². The van der Waals surface area contributed by atoms with E-state index in [9.17, 15) is 32.7 Å². The first-order chi connectivity index (χ1) is 15.5. The fraction of sp³-hybridized carbons (Fsp3) is 0.684. The van der Waals surface area contributed by atoms with Gasteiger partial charge >= 0.3 is 5.97 Å². The summed E-state index contributed by atoms with van der Waals surface area (Å²) in [7, 11) is -0.560. The summed E-state index contributed by atoms with van der Waals surface area (Å²) in [4.78, 5) is 50.4. The van der Waals surface area contributed by atoms with Gasteiger partial charge in [-0.2, -0.15) is 0 Å². The van der Waals surface area contributed by atoms with Gasteiger partial charge in [-0.05, 0) is 18.9 Å². The molecule has 0 aromatic heterocycles. The topological polar surface area (TPSA) is 168 Å². The molecule has 0 aromatic carbocycles. The lowest BCUT2D eigenvalue weighted by molar-refractivity contribution is -0.150. The maximum atomic E-state index is 12.9. The summed E-state index contributed by atoms with van der Waals surface area (Å²) in [6.45, 7) is -0.229. The third-order valence-corrected chi connectivity index (χ3v) is 8.11. The average Bonchev–Trinajstić information content (AvgIpc) is 2.71. The highest BCUT2D eigenvalue weighted by molar-refractivity contribution is 8.76. The van der Waals surface area contributed by atoms with Crippen molar-refractivity contribution in [2.75, 3.05) is 30.1 Å². The van der Waals surface area contributed by atoms with Crippen LogP contribution in [-0.2, 0) is 33.8 Å². The number of rotatable bonds is 3. The van der Waals surface area contributed by atoms with Crippen molar-refractivity contribution in [2.24, 2.45) is 0 Å². The van der Waals surface area contributed by atoms with Crippen LogP contribution in [-0.4, -0.2) is 91.6 Å². The van der Waals surface area contributed by atoms with Crippen LogP contribution in [0.4, 0.5) is 0 Å². The van der Waals surface area contributed by atoms with Crippen LogP contribution in [0.1, 0.15) is 25.7 Å². The first-order valence-electron chi connectivity index (χ1n) is 10.4. The number of esters is 1. The number of aliphatic hydroxyl groups is 1. The Kier molecular flexibility index (Phi) is 11.0. The first kappa shape index (κ1) is 27.5. The maximum Gasteiger partial charge on any atom is 0.309 e. The van der Waals surface area contributed by atoms with Gasteiger partial charge in [0.05, 0.1) is 24.7 Å². The number of fused-ring (bicyclic) bond motifs is 7. The molecular weight excluding hydrogens is 494 g/mol. The van der Waals surface area contributed by atoms with Gasteiger partial charge < -0.3 is 25.8 Å². The molecule has 0 aromatic rings. The van der Waals surface area contributed by atoms with Crippen LogP contribution < -0.4 is 16.0 Å². The molecule has 0 saturated carbocycles. The van der Waals surface area contributed by atoms with Crippen molar-refractivity contribution in [3.63, 3.8) is 0 Å². The lowest BCUT2D eigenvalue weighted by Gasteiger charge is -2.23. The van der Waals surface area contributed by atoms with Gasteiger partial charge in [0.15, 0.2) is 0 Å². The van der Waals surface area contributed by atoms with Gasteiger partial charge in [-0.25, -0.2) is 8.42 Å². The molecule has 4 atom stereocenters. The van der Waals surface area contributed by atoms with Crippen LogP contribution in [0, 0.1) is 0 Å². The van der Waals surface area contributed by atoms with E-state index in [-0.39, 0.29) is 37.3 Å². The van der Waals surface area contributed by atoms with Crippen LogP contribution in [0.15, 0.2) is 12.2 Å². The lowest BCUT2D eigenvalue weighted by Crippen LogP contribution is -2.55. The summed E-state index contributed by atoms with van der Waals surface area (Å²) in [5, 5.41) is 17.7. The summed E-state index contributed by atoms with van der Waals surface area (Å²) >= 11 is 0. The van der Waals surface area contributed by atoms with Crippen LogP contribution >= 0.6 is 21.6 Å². The van der Waals surface area contributed by atoms with Gasteiger partial charge in [0, 0.05) is 24.3 Å². The lowest BCUT2D eigenvalue weighted by atomic mass is 10.1. The van der Waals surface area contributed by atoms with Crippen molar-refractivity contribution in [3.8, 4) is 0 Å². The molecule has 2 aliphatic rings. The predicted molar refractivity (Wildman–Crippen MR) is 125 cm³/mol. The van der Waals surface area contributed by atoms with E-state index < -0.39 is 57.8 Å². The maximum absolute atomic E-state index is 12.9. The molecule has 2 heterocycles. The molecular formula is C19H29N3O8S3. The monoisotopic (exact) mass is 523 g/mol. The molecule has 0 unspecified atom stereocenters. The Morgan fingerprint density at radius 2 is 1.88 bits per heavy atom. The second-order valence-electron chi connectivity index (χ2n) is 7.76. The van der Waals surface area contributed by atoms with Crippen molar-refractivity contribution < 1.29 is 37.4 Å². The second-order valence-corrected chi connectivity index (χ2v) is 12.6. The van der Waals surface area contributed by atoms with Crippen molar-refractivity contribution in [2.45, 2.75) is 50.0 Å². The SMILES string of the molecule is CS(=O)(=O)CC[C@H]1NC(=O)C[C@H]2/C=C/CCSSC[C@@H](NC1=O)C(=O)NC[C@@H](O)CC(=O)O2. The molecule has 186 valence electrons. The molecule has 4 N–H and O–H groups in total. The normalized spacial score (nSPS) is 29.9. The Balaban J connectivity index is 2.37. The van der Waals surface area contributed by atoms with Crippen molar-refractivity contribution >= 4 is 55.1 Å². The van der Waals surface area contributed by atoms with Crippen molar-refractivity contribution in [1.29, 1.82) is 0 Å². The van der Waals surface area contributed by atoms with E-state index in [1.165, 1.54) is 21.6 Å². The molecule has 33 heavy (non-hydrogen) atoms. The van der Waals surface area contributed by atoms with E-state index in [1.54, 1.807) is 12.2 Å². The molecule has 11 nitrogen and oxygen atoms in total. The molecule has 1 saturated heterocycles. The highest BCUT2D eigenvalue weighted by Crippen LogP contribution is 2.23. The van der Waals surface area contributed by atoms with Crippen LogP contribution in [0.5, 0.6) is 0 Å². The van der Waals surface area contributed by atoms with Crippen molar-refractivity contribution in [1.82, 2.24) is 16.0 Å². The fourth-order valence-corrected chi connectivity index (χ4v) is 5.82. The van der Waals surface area contributed by atoms with Crippen molar-refractivity contribution in [3.05, 3.63) is 12.2 Å². The van der Waals surface area contributed by atoms with Gasteiger partial charge in [-0.15, -0.1) is 0 Å². The van der Waals surface area contributed by atoms with Gasteiger partial charge in [0.25, 0.3) is 0 Å². The largest absolute Gasteiger partial charge is 0.457 e. The zero-order chi connectivity index (χ0) is 24.4. The molecule has 0 radical (unpaired) electrons. The number of hydrogen-bond acceptors (Lipinski definition) is 10. The zero-order valence-electron chi connectivity index (χ0n) is 18.2. The number of β-amino-alcohol motifs (C(OH)–C–C–N with tert-alkyl or cyclic N) is 1. The Labute approximate surface area is 200 Å². The minimum Gasteiger partial charge on any atom is -0.457 e. The third-order valence-electron chi connectivity index (χ3n) is 4.68. The molecule has 0 aliphatic carbocycles. The number of hydrogen-bond donors (Lipinski definition) is 4. The number of carbonyl (C=O) groups is 4. The molecule has 2 bridgehead atoms. The number of allylic oxidation sites excluding steroid dienone is 1. The van der Waals surface area contributed by atoms with Crippen LogP contribution in [0.25, 0.3) is 0 Å². The first-order valence-corrected chi connectivity index (χ1v) is 14.9. The predicted octanol–water partition coefficient (Wildman–Crippen LogP) is -1.09. The minimum absolute atomic E-state index is 0.189. The highest BCUT2D eigenvalue weighted by Gasteiger charge is 2.30. The van der Waals surface area contributed by atoms with E-state index in [2.05, 4.69) is 16.0 Å². The molecule has 1 fully saturated rings. The summed E-state index contributed by atoms with van der Waals surface area (Å²) < 4.78 is 28.6. The number of sulfone groups is 1. The minimum atomic E-state index is -3.42. The number of nitrogens with one attached hydrogen (secondary N) is 3. The number of aliphatic hydroxyl groups excluding tert-OH is 1. The van der Waals surface area contributed by atoms with E-state index in [4.69, 9.17) is 4.74 Å². The van der Waals surface area contributed by atoms with E-state index in [0.29, 0.717) is 12.2 Å². The molecule has 0 spiro atoms. The smallest absolute Gasteiger partial charge is 0.309 e. The van der Waals surface area contributed by atoms with Gasteiger partial charge in [-0.3, -0.25) is 19.2 Å². The Hall–Kier alpha value is -1.77. The average molecular weight is 524 g/mol. The highest BCUT2D eigenvalue weighted by atomic mass is 33.1. The number of amides is 3. The number of ether oxygens (including phenoxy) is 1.